The number of hydrogen-bond acceptors (Lipinski definition) is 2. The van der Waals surface area contributed by atoms with Crippen LogP contribution in [0.1, 0.15) is 285 Å². The minimum Gasteiger partial charge on any atom is -0.310 e. The van der Waals surface area contributed by atoms with Gasteiger partial charge >= 0.3 is 0 Å². The van der Waals surface area contributed by atoms with E-state index in [1.165, 1.54) is 0 Å². The summed E-state index contributed by atoms with van der Waals surface area (Å²) in [5.41, 5.74) is 21.4. The Bertz CT molecular complexity index is 8000. The molecular weight excluding hydrogens is 1560 g/mol. The number of benzene rings is 14. The van der Waals surface area contributed by atoms with E-state index >= 15 is 0 Å². The highest BCUT2D eigenvalue weighted by Crippen LogP contribution is 2.58. The Hall–Kier alpha value is -11.7. The van der Waals surface area contributed by atoms with Crippen LogP contribution in [-0.2, 0) is 54.1 Å². The summed E-state index contributed by atoms with van der Waals surface area (Å²) in [6, 6.07) is 56.4. The molecule has 0 saturated heterocycles. The maximum atomic E-state index is 10.7. The highest BCUT2D eigenvalue weighted by molar-refractivity contribution is 7.00. The lowest BCUT2D eigenvalue weighted by Crippen LogP contribution is -2.61. The number of anilines is 6. The van der Waals surface area contributed by atoms with Crippen LogP contribution in [0.3, 0.4) is 0 Å². The molecule has 0 aliphatic carbocycles. The SMILES string of the molecule is [2H]c1c([2H])c([2H])c2c(c1[2H])c1c([2H])c([2H])c([2H])c([2H])c1n2-c1ccc2c(c1)N(c1c(-c3cc(C(C)(C)C)cc(C(C)(C)C)c3)cc(C(C)(C)C)cc1-c1ccccc1C(C)(C)C)c1cc(-n3c4c([2H])c([2H])c([2H])c([2H])c4c4c([2H])c([2H])c([2H])c([2H])c43)cc3c1B2c1ccc(-c2cc(C(C)(C)C)cc(C(C)(C)C)c2)cc1N3c1c(-c2ccc(C(C)(C)C)cc2)cc(C(C)(C)C)cc1-c1cc(C(C)(C)C)ccc1C(C)(C)C. The fourth-order valence-electron chi connectivity index (χ4n) is 19.4. The molecular formula is C124H135BN4. The lowest BCUT2D eigenvalue weighted by Gasteiger charge is -2.46. The predicted octanol–water partition coefficient (Wildman–Crippen LogP) is 33.3. The van der Waals surface area contributed by atoms with Gasteiger partial charge in [0.1, 0.15) is 0 Å². The molecule has 2 aromatic heterocycles. The van der Waals surface area contributed by atoms with Crippen LogP contribution in [0.5, 0.6) is 0 Å². The van der Waals surface area contributed by atoms with Gasteiger partial charge in [0, 0.05) is 72.2 Å². The molecule has 0 amide bonds. The van der Waals surface area contributed by atoms with Gasteiger partial charge in [-0.3, -0.25) is 0 Å². The van der Waals surface area contributed by atoms with E-state index in [9.17, 15) is 21.9 Å². The van der Waals surface area contributed by atoms with Gasteiger partial charge in [-0.25, -0.2) is 0 Å². The second-order valence-electron chi connectivity index (χ2n) is 46.9. The summed E-state index contributed by atoms with van der Waals surface area (Å²) >= 11 is 0. The fraction of sp³-hybridized carbons (Fsp3) is 0.323. The van der Waals surface area contributed by atoms with Crippen molar-refractivity contribution in [2.75, 3.05) is 9.80 Å². The van der Waals surface area contributed by atoms with Crippen molar-refractivity contribution >= 4 is 101 Å². The molecule has 0 bridgehead atoms. The first-order valence-corrected chi connectivity index (χ1v) is 46.1. The van der Waals surface area contributed by atoms with Crippen LogP contribution in [0.15, 0.2) is 273 Å². The molecule has 654 valence electrons. The number of aromatic nitrogens is 2. The molecule has 4 heterocycles. The van der Waals surface area contributed by atoms with Crippen LogP contribution in [0.4, 0.5) is 34.1 Å². The second-order valence-corrected chi connectivity index (χ2v) is 46.9. The Kier molecular flexibility index (Phi) is 16.6. The zero-order valence-electron chi connectivity index (χ0n) is 97.6. The molecule has 129 heavy (non-hydrogen) atoms. The van der Waals surface area contributed by atoms with Gasteiger partial charge in [-0.05, 0) is 238 Å². The summed E-state index contributed by atoms with van der Waals surface area (Å²) < 4.78 is 163. The normalized spacial score (nSPS) is 15.5. The summed E-state index contributed by atoms with van der Waals surface area (Å²) in [6.07, 6.45) is 0. The van der Waals surface area contributed by atoms with Gasteiger partial charge in [0.25, 0.3) is 6.71 Å². The van der Waals surface area contributed by atoms with Gasteiger partial charge in [-0.15, -0.1) is 0 Å². The van der Waals surface area contributed by atoms with E-state index in [2.05, 4.69) is 375 Å². The van der Waals surface area contributed by atoms with E-state index in [4.69, 9.17) is 0 Å². The van der Waals surface area contributed by atoms with E-state index in [0.29, 0.717) is 22.7 Å². The number of fused-ring (bicyclic) bond motifs is 10. The summed E-state index contributed by atoms with van der Waals surface area (Å²) in [5, 5.41) is -0.432. The molecule has 0 atom stereocenters. The van der Waals surface area contributed by atoms with Crippen LogP contribution >= 0.6 is 0 Å². The first-order chi connectivity index (χ1) is 66.9. The number of rotatable bonds is 9. The van der Waals surface area contributed by atoms with Crippen molar-refractivity contribution in [1.82, 2.24) is 9.13 Å². The molecule has 2 aliphatic rings. The standard InChI is InChI=1S/C124H135BN4/c1-115(2,3)80-54-51-76(52-55-80)95-69-86(121(19,20)21)72-99(97-68-81(116(4,5)6)56-58-101(97)124(28,29)30)113(95)128-108-65-77(78-61-82(117(7,8)9)66-83(62-78)118(10,11)12)53-59-102(108)125-103-60-57-88(126-104-47-37-32-42-91(104)92-43-33-38-48-105(92)126)73-109(103)129(111-75-89(74-110(128)112(111)125)127-106-49-39-34-44-93(106)94-45-35-40-50-107(94)127)114-96(79-63-84(119(13,14)15)67-85(64-79)120(16,17)18)70-87(122(22,23)24)71-98(114)90-41-31-36-46-100(90)123(25,26)27/h31-75H,1-30H3/i32D,33D,34D,35D,37D,38D,39D,40D,42D,43D,44D,45D,47D,48D,49D,50D. The van der Waals surface area contributed by atoms with E-state index in [0.717, 1.165) is 139 Å². The molecule has 5 heteroatoms. The Morgan fingerprint density at radius 1 is 0.225 bits per heavy atom. The van der Waals surface area contributed by atoms with Crippen LogP contribution in [-0.4, -0.2) is 15.8 Å². The maximum absolute atomic E-state index is 10.7. The molecule has 14 aromatic carbocycles. The highest BCUT2D eigenvalue weighted by atomic mass is 15.2. The van der Waals surface area contributed by atoms with Crippen molar-refractivity contribution in [2.45, 2.75) is 262 Å². The van der Waals surface area contributed by atoms with Gasteiger partial charge in [0.15, 0.2) is 0 Å². The third-order valence-corrected chi connectivity index (χ3v) is 27.1. The van der Waals surface area contributed by atoms with Crippen LogP contribution in [0.2, 0.25) is 0 Å². The molecule has 2 aliphatic heterocycles. The minimum absolute atomic E-state index is 0.0828. The van der Waals surface area contributed by atoms with Crippen molar-refractivity contribution in [3.63, 3.8) is 0 Å². The molecule has 18 rings (SSSR count). The van der Waals surface area contributed by atoms with Crippen LogP contribution in [0.25, 0.3) is 111 Å². The molecule has 16 aromatic rings. The molecule has 0 N–H and O–H groups in total. The van der Waals surface area contributed by atoms with E-state index in [1.54, 1.807) is 9.13 Å². The van der Waals surface area contributed by atoms with E-state index in [-0.39, 0.29) is 71.2 Å². The van der Waals surface area contributed by atoms with E-state index in [1.807, 2.05) is 18.2 Å². The van der Waals surface area contributed by atoms with Gasteiger partial charge in [0.2, 0.25) is 0 Å². The summed E-state index contributed by atoms with van der Waals surface area (Å²) in [5.74, 6) is 0. The third kappa shape index (κ3) is 15.6. The van der Waals surface area contributed by atoms with Crippen molar-refractivity contribution in [3.8, 4) is 67.0 Å². The Labute approximate surface area is 794 Å². The molecule has 0 radical (unpaired) electrons. The molecule has 0 fully saturated rings. The Morgan fingerprint density at radius 2 is 0.550 bits per heavy atom. The minimum atomic E-state index is -0.869. The predicted molar refractivity (Wildman–Crippen MR) is 563 cm³/mol. The first-order valence-electron chi connectivity index (χ1n) is 54.1. The lowest BCUT2D eigenvalue weighted by atomic mass is 9.33. The third-order valence-electron chi connectivity index (χ3n) is 27.1. The molecule has 4 nitrogen and oxygen atoms in total. The van der Waals surface area contributed by atoms with Gasteiger partial charge in [0.05, 0.1) is 61.1 Å². The number of hydrogen-bond donors (Lipinski definition) is 0. The zero-order chi connectivity index (χ0) is 106. The lowest BCUT2D eigenvalue weighted by molar-refractivity contribution is 0.568. The van der Waals surface area contributed by atoms with Crippen LogP contribution in [0, 0.1) is 0 Å². The summed E-state index contributed by atoms with van der Waals surface area (Å²) in [4.78, 5) is 4.80. The second kappa shape index (κ2) is 30.5. The maximum Gasteiger partial charge on any atom is 0.252 e. The van der Waals surface area contributed by atoms with Gasteiger partial charge in [-0.1, -0.05) is 402 Å². The smallest absolute Gasteiger partial charge is 0.252 e. The van der Waals surface area contributed by atoms with Crippen LogP contribution < -0.4 is 26.2 Å². The average Bonchev–Trinajstić information content (AvgIpc) is 1.62. The largest absolute Gasteiger partial charge is 0.310 e. The molecule has 0 unspecified atom stereocenters. The highest BCUT2D eigenvalue weighted by Gasteiger charge is 2.48. The van der Waals surface area contributed by atoms with Crippen molar-refractivity contribution in [1.29, 1.82) is 0 Å². The van der Waals surface area contributed by atoms with Gasteiger partial charge in [-0.2, -0.15) is 0 Å². The van der Waals surface area contributed by atoms with Crippen molar-refractivity contribution < 1.29 is 21.9 Å². The number of para-hydroxylation sites is 4. The van der Waals surface area contributed by atoms with Crippen molar-refractivity contribution in [2.24, 2.45) is 0 Å². The Balaban J connectivity index is 1.19. The number of nitrogens with zero attached hydrogens (tertiary/aromatic N) is 4. The molecule has 0 spiro atoms. The molecule has 0 saturated carbocycles. The average molecular weight is 1710 g/mol. The van der Waals surface area contributed by atoms with Gasteiger partial charge < -0.3 is 18.9 Å². The summed E-state index contributed by atoms with van der Waals surface area (Å²) in [6.45, 7) is 66.5. The Morgan fingerprint density at radius 3 is 0.977 bits per heavy atom. The topological polar surface area (TPSA) is 16.3 Å². The zero-order valence-corrected chi connectivity index (χ0v) is 81.6. The van der Waals surface area contributed by atoms with E-state index < -0.39 is 141 Å². The fourth-order valence-corrected chi connectivity index (χ4v) is 19.4. The first kappa shape index (κ1) is 70.3. The van der Waals surface area contributed by atoms with Crippen molar-refractivity contribution in [3.05, 3.63) is 328 Å². The summed E-state index contributed by atoms with van der Waals surface area (Å²) in [7, 11) is 0. The quantitative estimate of drug-likeness (QED) is 0.134. The monoisotopic (exact) mass is 1710 g/mol.